The van der Waals surface area contributed by atoms with Crippen molar-refractivity contribution in [1.29, 1.82) is 0 Å². The third-order valence-electron chi connectivity index (χ3n) is 2.75. The van der Waals surface area contributed by atoms with Crippen molar-refractivity contribution in [2.75, 3.05) is 19.6 Å². The minimum absolute atomic E-state index is 0. The molecule has 0 unspecified atom stereocenters. The molecular formula is C12H16ClIN2O. The monoisotopic (exact) mass is 366 g/mol. The Balaban J connectivity index is 0.00000144. The van der Waals surface area contributed by atoms with E-state index in [-0.39, 0.29) is 18.3 Å². The Hall–Kier alpha value is -0.330. The molecule has 0 aromatic heterocycles. The van der Waals surface area contributed by atoms with Crippen LogP contribution < -0.4 is 5.32 Å². The standard InChI is InChI=1S/C12H15IN2O.ClH/c1-9-8-15(7-6-14-9)12(16)10-2-4-11(13)5-3-10;/h2-5,9,14H,6-8H2,1H3;1H/t9-;/m0./s1. The van der Waals surface area contributed by atoms with Gasteiger partial charge in [-0.15, -0.1) is 12.4 Å². The smallest absolute Gasteiger partial charge is 0.253 e. The van der Waals surface area contributed by atoms with E-state index in [0.29, 0.717) is 6.04 Å². The number of carbonyl (C=O) groups excluding carboxylic acids is 1. The molecule has 0 spiro atoms. The molecule has 1 N–H and O–H groups in total. The maximum Gasteiger partial charge on any atom is 0.253 e. The van der Waals surface area contributed by atoms with Gasteiger partial charge in [-0.3, -0.25) is 4.79 Å². The molecule has 1 aromatic carbocycles. The minimum atomic E-state index is 0. The van der Waals surface area contributed by atoms with Crippen LogP contribution in [0, 0.1) is 3.57 Å². The highest BCUT2D eigenvalue weighted by molar-refractivity contribution is 14.1. The lowest BCUT2D eigenvalue weighted by Gasteiger charge is -2.31. The number of carbonyl (C=O) groups is 1. The number of piperazine rings is 1. The molecular weight excluding hydrogens is 351 g/mol. The van der Waals surface area contributed by atoms with E-state index in [1.54, 1.807) is 0 Å². The van der Waals surface area contributed by atoms with Gasteiger partial charge in [0.15, 0.2) is 0 Å². The quantitative estimate of drug-likeness (QED) is 0.773. The summed E-state index contributed by atoms with van der Waals surface area (Å²) < 4.78 is 1.16. The molecule has 1 aliphatic heterocycles. The summed E-state index contributed by atoms with van der Waals surface area (Å²) in [5.74, 6) is 0.143. The van der Waals surface area contributed by atoms with Crippen molar-refractivity contribution in [3.05, 3.63) is 33.4 Å². The van der Waals surface area contributed by atoms with Crippen molar-refractivity contribution >= 4 is 40.9 Å². The molecule has 17 heavy (non-hydrogen) atoms. The normalized spacial score (nSPS) is 19.6. The molecule has 94 valence electrons. The molecule has 1 atom stereocenters. The summed E-state index contributed by atoms with van der Waals surface area (Å²) in [6, 6.07) is 8.13. The molecule has 0 bridgehead atoms. The van der Waals surface area contributed by atoms with Crippen LogP contribution in [0.2, 0.25) is 0 Å². The number of hydrogen-bond acceptors (Lipinski definition) is 2. The van der Waals surface area contributed by atoms with Crippen LogP contribution in [0.3, 0.4) is 0 Å². The van der Waals surface area contributed by atoms with Crippen LogP contribution in [0.15, 0.2) is 24.3 Å². The van der Waals surface area contributed by atoms with Gasteiger partial charge in [0.25, 0.3) is 5.91 Å². The Morgan fingerprint density at radius 2 is 2.06 bits per heavy atom. The van der Waals surface area contributed by atoms with Gasteiger partial charge in [-0.25, -0.2) is 0 Å². The van der Waals surface area contributed by atoms with E-state index in [2.05, 4.69) is 34.8 Å². The van der Waals surface area contributed by atoms with Crippen LogP contribution >= 0.6 is 35.0 Å². The Bertz CT molecular complexity index is 383. The van der Waals surface area contributed by atoms with E-state index in [9.17, 15) is 4.79 Å². The maximum atomic E-state index is 12.2. The van der Waals surface area contributed by atoms with E-state index in [1.165, 1.54) is 0 Å². The highest BCUT2D eigenvalue weighted by Crippen LogP contribution is 2.10. The molecule has 1 aromatic rings. The second-order valence-electron chi connectivity index (χ2n) is 4.11. The van der Waals surface area contributed by atoms with Crippen molar-refractivity contribution < 1.29 is 4.79 Å². The topological polar surface area (TPSA) is 32.3 Å². The van der Waals surface area contributed by atoms with Crippen molar-refractivity contribution in [1.82, 2.24) is 10.2 Å². The summed E-state index contributed by atoms with van der Waals surface area (Å²) in [6.07, 6.45) is 0. The zero-order valence-corrected chi connectivity index (χ0v) is 12.6. The van der Waals surface area contributed by atoms with Crippen LogP contribution in [-0.2, 0) is 0 Å². The number of rotatable bonds is 1. The fourth-order valence-electron chi connectivity index (χ4n) is 1.89. The summed E-state index contributed by atoms with van der Waals surface area (Å²) in [6.45, 7) is 4.59. The number of nitrogens with zero attached hydrogens (tertiary/aromatic N) is 1. The van der Waals surface area contributed by atoms with Crippen molar-refractivity contribution in [2.24, 2.45) is 0 Å². The molecule has 5 heteroatoms. The van der Waals surface area contributed by atoms with E-state index in [0.717, 1.165) is 28.8 Å². The first-order valence-corrected chi connectivity index (χ1v) is 6.53. The highest BCUT2D eigenvalue weighted by Gasteiger charge is 2.21. The molecule has 1 fully saturated rings. The number of halogens is 2. The average molecular weight is 367 g/mol. The average Bonchev–Trinajstić information content (AvgIpc) is 2.29. The van der Waals surface area contributed by atoms with Gasteiger partial charge in [0.1, 0.15) is 0 Å². The SMILES string of the molecule is C[C@H]1CN(C(=O)c2ccc(I)cc2)CCN1.Cl. The number of amides is 1. The summed E-state index contributed by atoms with van der Waals surface area (Å²) in [4.78, 5) is 14.1. The molecule has 3 nitrogen and oxygen atoms in total. The van der Waals surface area contributed by atoms with Gasteiger partial charge >= 0.3 is 0 Å². The molecule has 0 saturated carbocycles. The molecule has 1 aliphatic rings. The van der Waals surface area contributed by atoms with Crippen LogP contribution in [0.4, 0.5) is 0 Å². The lowest BCUT2D eigenvalue weighted by atomic mass is 10.1. The van der Waals surface area contributed by atoms with Gasteiger partial charge in [-0.05, 0) is 53.8 Å². The number of hydrogen-bond donors (Lipinski definition) is 1. The fraction of sp³-hybridized carbons (Fsp3) is 0.417. The van der Waals surface area contributed by atoms with Crippen molar-refractivity contribution in [2.45, 2.75) is 13.0 Å². The predicted octanol–water partition coefficient (Wildman–Crippen LogP) is 2.15. The predicted molar refractivity (Wildman–Crippen MR) is 79.8 cm³/mol. The zero-order chi connectivity index (χ0) is 11.5. The third kappa shape index (κ3) is 3.82. The second kappa shape index (κ2) is 6.56. The lowest BCUT2D eigenvalue weighted by Crippen LogP contribution is -2.51. The van der Waals surface area contributed by atoms with Gasteiger partial charge in [0.2, 0.25) is 0 Å². The van der Waals surface area contributed by atoms with E-state index < -0.39 is 0 Å². The maximum absolute atomic E-state index is 12.2. The molecule has 1 saturated heterocycles. The van der Waals surface area contributed by atoms with Gasteiger partial charge in [-0.1, -0.05) is 0 Å². The Morgan fingerprint density at radius 1 is 1.41 bits per heavy atom. The summed E-state index contributed by atoms with van der Waals surface area (Å²) >= 11 is 2.24. The molecule has 0 aliphatic carbocycles. The second-order valence-corrected chi connectivity index (χ2v) is 5.36. The van der Waals surface area contributed by atoms with Crippen molar-refractivity contribution in [3.63, 3.8) is 0 Å². The van der Waals surface area contributed by atoms with E-state index in [4.69, 9.17) is 0 Å². The first-order valence-electron chi connectivity index (χ1n) is 5.45. The van der Waals surface area contributed by atoms with Crippen LogP contribution in [0.25, 0.3) is 0 Å². The molecule has 1 heterocycles. The van der Waals surface area contributed by atoms with Crippen molar-refractivity contribution in [3.8, 4) is 0 Å². The molecule has 0 radical (unpaired) electrons. The summed E-state index contributed by atoms with van der Waals surface area (Å²) in [5.41, 5.74) is 0.787. The fourth-order valence-corrected chi connectivity index (χ4v) is 2.25. The van der Waals surface area contributed by atoms with Crippen LogP contribution in [0.1, 0.15) is 17.3 Å². The first-order chi connectivity index (χ1) is 7.66. The lowest BCUT2D eigenvalue weighted by molar-refractivity contribution is 0.0709. The van der Waals surface area contributed by atoms with Crippen LogP contribution in [-0.4, -0.2) is 36.5 Å². The zero-order valence-electron chi connectivity index (χ0n) is 9.65. The minimum Gasteiger partial charge on any atom is -0.336 e. The van der Waals surface area contributed by atoms with Gasteiger partial charge in [0, 0.05) is 34.8 Å². The Kier molecular flexibility index (Phi) is 5.69. The van der Waals surface area contributed by atoms with Gasteiger partial charge in [0.05, 0.1) is 0 Å². The summed E-state index contributed by atoms with van der Waals surface area (Å²) in [5, 5.41) is 3.33. The Morgan fingerprint density at radius 3 is 2.65 bits per heavy atom. The molecule has 2 rings (SSSR count). The summed E-state index contributed by atoms with van der Waals surface area (Å²) in [7, 11) is 0. The van der Waals surface area contributed by atoms with E-state index >= 15 is 0 Å². The largest absolute Gasteiger partial charge is 0.336 e. The number of benzene rings is 1. The highest BCUT2D eigenvalue weighted by atomic mass is 127. The number of nitrogens with one attached hydrogen (secondary N) is 1. The first kappa shape index (κ1) is 14.7. The van der Waals surface area contributed by atoms with E-state index in [1.807, 2.05) is 29.2 Å². The molecule has 1 amide bonds. The Labute approximate surface area is 122 Å². The van der Waals surface area contributed by atoms with Gasteiger partial charge in [-0.2, -0.15) is 0 Å². The third-order valence-corrected chi connectivity index (χ3v) is 3.47. The van der Waals surface area contributed by atoms with Gasteiger partial charge < -0.3 is 10.2 Å². The van der Waals surface area contributed by atoms with Crippen LogP contribution in [0.5, 0.6) is 0 Å².